The maximum Gasteiger partial charge on any atom is 0.152 e. The van der Waals surface area contributed by atoms with Gasteiger partial charge in [0.05, 0.1) is 11.0 Å². The molecule has 0 amide bonds. The van der Waals surface area contributed by atoms with E-state index in [0.717, 1.165) is 22.7 Å². The zero-order chi connectivity index (χ0) is 13.4. The average molecular weight is 279 g/mol. The Bertz CT molecular complexity index is 861. The van der Waals surface area contributed by atoms with Gasteiger partial charge >= 0.3 is 0 Å². The molecule has 4 rings (SSSR count). The van der Waals surface area contributed by atoms with Crippen LogP contribution in [0.4, 0.5) is 5.82 Å². The molecule has 3 heterocycles. The topological polar surface area (TPSA) is 29.3 Å². The van der Waals surface area contributed by atoms with Crippen LogP contribution in [-0.4, -0.2) is 9.38 Å². The van der Waals surface area contributed by atoms with Crippen LogP contribution in [0.15, 0.2) is 60.1 Å². The van der Waals surface area contributed by atoms with Crippen LogP contribution in [0.5, 0.6) is 0 Å². The van der Waals surface area contributed by atoms with E-state index in [0.29, 0.717) is 0 Å². The Morgan fingerprint density at radius 3 is 2.80 bits per heavy atom. The number of nitrogens with zero attached hydrogens (tertiary/aromatic N) is 2. The molecule has 0 bridgehead atoms. The minimum absolute atomic E-state index is 0.783. The average Bonchev–Trinajstić information content (AvgIpc) is 3.13. The van der Waals surface area contributed by atoms with Gasteiger partial charge in [-0.15, -0.1) is 11.3 Å². The second-order valence-electron chi connectivity index (χ2n) is 4.67. The van der Waals surface area contributed by atoms with Gasteiger partial charge in [-0.3, -0.25) is 0 Å². The van der Waals surface area contributed by atoms with Crippen LogP contribution in [0, 0.1) is 0 Å². The van der Waals surface area contributed by atoms with Gasteiger partial charge in [0.25, 0.3) is 0 Å². The zero-order valence-corrected chi connectivity index (χ0v) is 11.6. The lowest BCUT2D eigenvalue weighted by molar-refractivity contribution is 1.11. The summed E-state index contributed by atoms with van der Waals surface area (Å²) < 4.78 is 2.19. The molecule has 0 radical (unpaired) electrons. The minimum atomic E-state index is 0.783. The third-order valence-electron chi connectivity index (χ3n) is 3.39. The molecule has 3 nitrogen and oxygen atoms in total. The summed E-state index contributed by atoms with van der Waals surface area (Å²) in [5.41, 5.74) is 3.54. The Kier molecular flexibility index (Phi) is 2.67. The third-order valence-corrected chi connectivity index (χ3v) is 4.19. The molecule has 0 fully saturated rings. The van der Waals surface area contributed by atoms with Crippen molar-refractivity contribution < 1.29 is 0 Å². The van der Waals surface area contributed by atoms with Crippen molar-refractivity contribution in [2.24, 2.45) is 0 Å². The molecule has 0 aliphatic carbocycles. The first-order valence-corrected chi connectivity index (χ1v) is 7.42. The number of thiophene rings is 1. The Labute approximate surface area is 120 Å². The van der Waals surface area contributed by atoms with Gasteiger partial charge in [-0.1, -0.05) is 30.3 Å². The van der Waals surface area contributed by atoms with Crippen LogP contribution < -0.4 is 5.32 Å². The number of fused-ring (bicyclic) bond motifs is 3. The molecular formula is C16H13N3S. The summed E-state index contributed by atoms with van der Waals surface area (Å²) >= 11 is 1.67. The van der Waals surface area contributed by atoms with E-state index in [1.54, 1.807) is 11.3 Å². The summed E-state index contributed by atoms with van der Waals surface area (Å²) in [7, 11) is 0. The van der Waals surface area contributed by atoms with E-state index in [1.165, 1.54) is 11.1 Å². The van der Waals surface area contributed by atoms with Crippen molar-refractivity contribution in [3.63, 3.8) is 0 Å². The highest BCUT2D eigenvalue weighted by Gasteiger charge is 2.08. The van der Waals surface area contributed by atoms with E-state index in [1.807, 2.05) is 6.07 Å². The molecule has 20 heavy (non-hydrogen) atoms. The van der Waals surface area contributed by atoms with Crippen molar-refractivity contribution in [1.29, 1.82) is 0 Å². The summed E-state index contributed by atoms with van der Waals surface area (Å²) in [6, 6.07) is 16.6. The molecule has 0 saturated carbocycles. The molecule has 0 saturated heterocycles. The van der Waals surface area contributed by atoms with Gasteiger partial charge in [0.2, 0.25) is 0 Å². The number of anilines is 1. The number of hydrogen-bond acceptors (Lipinski definition) is 3. The molecule has 1 aromatic carbocycles. The summed E-state index contributed by atoms with van der Waals surface area (Å²) in [4.78, 5) is 5.80. The maximum absolute atomic E-state index is 4.74. The Hall–Kier alpha value is -2.33. The predicted octanol–water partition coefficient (Wildman–Crippen LogP) is 4.16. The van der Waals surface area contributed by atoms with E-state index >= 15 is 0 Å². The Balaban J connectivity index is 1.76. The maximum atomic E-state index is 4.74. The van der Waals surface area contributed by atoms with Crippen molar-refractivity contribution in [1.82, 2.24) is 9.38 Å². The summed E-state index contributed by atoms with van der Waals surface area (Å²) in [5, 5.41) is 5.53. The fraction of sp³-hybridized carbons (Fsp3) is 0.0625. The van der Waals surface area contributed by atoms with Gasteiger partial charge < -0.3 is 9.72 Å². The molecular weight excluding hydrogens is 266 g/mol. The lowest BCUT2D eigenvalue weighted by Crippen LogP contribution is -2.03. The fourth-order valence-electron chi connectivity index (χ4n) is 2.42. The zero-order valence-electron chi connectivity index (χ0n) is 10.8. The standard InChI is InChI=1S/C16H13N3S/c1-2-5-12(6-3-1)11-17-15-13-7-4-9-19(13)14-8-10-20-16(14)18-15/h1-10H,11H2,(H,17,18). The van der Waals surface area contributed by atoms with Crippen molar-refractivity contribution in [3.8, 4) is 0 Å². The molecule has 0 aliphatic rings. The van der Waals surface area contributed by atoms with Crippen LogP contribution in [0.1, 0.15) is 5.56 Å². The second kappa shape index (κ2) is 4.65. The highest BCUT2D eigenvalue weighted by Crippen LogP contribution is 2.26. The summed E-state index contributed by atoms with van der Waals surface area (Å²) in [5.74, 6) is 0.939. The van der Waals surface area contributed by atoms with Gasteiger partial charge in [-0.05, 0) is 29.1 Å². The van der Waals surface area contributed by atoms with E-state index in [-0.39, 0.29) is 0 Å². The first kappa shape index (κ1) is 11.5. The summed E-state index contributed by atoms with van der Waals surface area (Å²) in [6.07, 6.45) is 2.08. The Morgan fingerprint density at radius 2 is 1.90 bits per heavy atom. The van der Waals surface area contributed by atoms with Crippen LogP contribution in [-0.2, 0) is 6.54 Å². The van der Waals surface area contributed by atoms with E-state index in [2.05, 4.69) is 63.8 Å². The highest BCUT2D eigenvalue weighted by molar-refractivity contribution is 7.16. The normalized spacial score (nSPS) is 11.2. The Morgan fingerprint density at radius 1 is 1.00 bits per heavy atom. The van der Waals surface area contributed by atoms with E-state index in [4.69, 9.17) is 4.98 Å². The number of benzene rings is 1. The van der Waals surface area contributed by atoms with Gasteiger partial charge in [0.1, 0.15) is 4.83 Å². The van der Waals surface area contributed by atoms with Crippen molar-refractivity contribution in [3.05, 3.63) is 65.7 Å². The fourth-order valence-corrected chi connectivity index (χ4v) is 3.17. The minimum Gasteiger partial charge on any atom is -0.364 e. The largest absolute Gasteiger partial charge is 0.364 e. The molecule has 4 aromatic rings. The highest BCUT2D eigenvalue weighted by atomic mass is 32.1. The molecule has 0 atom stereocenters. The monoisotopic (exact) mass is 279 g/mol. The quantitative estimate of drug-likeness (QED) is 0.610. The number of hydrogen-bond donors (Lipinski definition) is 1. The number of rotatable bonds is 3. The van der Waals surface area contributed by atoms with Crippen molar-refractivity contribution in [2.45, 2.75) is 6.54 Å². The van der Waals surface area contributed by atoms with Crippen molar-refractivity contribution >= 4 is 33.0 Å². The third kappa shape index (κ3) is 1.85. The van der Waals surface area contributed by atoms with Gasteiger partial charge in [-0.2, -0.15) is 0 Å². The van der Waals surface area contributed by atoms with Crippen LogP contribution in [0.3, 0.4) is 0 Å². The molecule has 0 unspecified atom stereocenters. The summed E-state index contributed by atoms with van der Waals surface area (Å²) in [6.45, 7) is 0.783. The first-order chi connectivity index (χ1) is 9.92. The van der Waals surface area contributed by atoms with Crippen LogP contribution in [0.2, 0.25) is 0 Å². The van der Waals surface area contributed by atoms with Crippen LogP contribution >= 0.6 is 11.3 Å². The van der Waals surface area contributed by atoms with Gasteiger partial charge in [0.15, 0.2) is 5.82 Å². The molecule has 1 N–H and O–H groups in total. The SMILES string of the molecule is c1ccc(CNc2nc3sccc3n3cccc23)cc1. The first-order valence-electron chi connectivity index (χ1n) is 6.54. The van der Waals surface area contributed by atoms with Gasteiger partial charge in [0, 0.05) is 12.7 Å². The number of nitrogens with one attached hydrogen (secondary N) is 1. The second-order valence-corrected chi connectivity index (χ2v) is 5.57. The molecule has 4 heteroatoms. The molecule has 0 spiro atoms. The lowest BCUT2D eigenvalue weighted by atomic mass is 10.2. The van der Waals surface area contributed by atoms with E-state index < -0.39 is 0 Å². The molecule has 3 aromatic heterocycles. The van der Waals surface area contributed by atoms with E-state index in [9.17, 15) is 0 Å². The van der Waals surface area contributed by atoms with Crippen LogP contribution in [0.25, 0.3) is 15.9 Å². The van der Waals surface area contributed by atoms with Gasteiger partial charge in [-0.25, -0.2) is 4.98 Å². The lowest BCUT2D eigenvalue weighted by Gasteiger charge is -2.08. The smallest absolute Gasteiger partial charge is 0.152 e. The predicted molar refractivity (Wildman–Crippen MR) is 84.3 cm³/mol. The number of aromatic nitrogens is 2. The molecule has 98 valence electrons. The van der Waals surface area contributed by atoms with Crippen molar-refractivity contribution in [2.75, 3.05) is 5.32 Å². The molecule has 0 aliphatic heterocycles.